The van der Waals surface area contributed by atoms with Gasteiger partial charge in [-0.15, -0.1) is 0 Å². The summed E-state index contributed by atoms with van der Waals surface area (Å²) in [5, 5.41) is 11.2. The van der Waals surface area contributed by atoms with Crippen molar-refractivity contribution in [3.05, 3.63) is 119 Å². The molecule has 0 saturated heterocycles. The molecule has 5 N–H and O–H groups in total. The van der Waals surface area contributed by atoms with Crippen LogP contribution < -0.4 is 25.4 Å². The van der Waals surface area contributed by atoms with Crippen molar-refractivity contribution < 1.29 is 40.3 Å². The van der Waals surface area contributed by atoms with E-state index in [-0.39, 0.29) is 47.4 Å². The zero-order valence-electron chi connectivity index (χ0n) is 33.0. The van der Waals surface area contributed by atoms with E-state index in [1.807, 2.05) is 61.3 Å². The molecular formula is C42H52N5O8S2+. The Bertz CT molecular complexity index is 2360. The van der Waals surface area contributed by atoms with Crippen LogP contribution in [0.1, 0.15) is 68.4 Å². The number of amides is 2. The van der Waals surface area contributed by atoms with Crippen molar-refractivity contribution in [1.29, 1.82) is 0 Å². The molecule has 0 atom stereocenters. The van der Waals surface area contributed by atoms with Crippen LogP contribution in [0.4, 0.5) is 11.4 Å². The van der Waals surface area contributed by atoms with Crippen molar-refractivity contribution >= 4 is 49.0 Å². The number of sulfonamides is 1. The van der Waals surface area contributed by atoms with E-state index in [0.717, 1.165) is 33.9 Å². The molecule has 13 nitrogen and oxygen atoms in total. The van der Waals surface area contributed by atoms with Gasteiger partial charge in [0, 0.05) is 72.5 Å². The number of rotatable bonds is 17. The number of ether oxygens (including phenoxy) is 1. The summed E-state index contributed by atoms with van der Waals surface area (Å²) in [7, 11) is -6.47. The molecule has 0 aromatic heterocycles. The zero-order chi connectivity index (χ0) is 41.6. The maximum Gasteiger partial charge on any atom is 0.264 e. The molecule has 2 heterocycles. The smallest absolute Gasteiger partial charge is 0.264 e. The summed E-state index contributed by atoms with van der Waals surface area (Å²) >= 11 is 0. The van der Waals surface area contributed by atoms with Crippen LogP contribution in [0.2, 0.25) is 0 Å². The molecule has 3 aromatic rings. The monoisotopic (exact) mass is 818 g/mol. The number of nitrogens with one attached hydrogen (secondary N) is 2. The van der Waals surface area contributed by atoms with Crippen molar-refractivity contribution in [2.45, 2.75) is 62.7 Å². The highest BCUT2D eigenvalue weighted by Crippen LogP contribution is 2.48. The molecule has 0 aliphatic carbocycles. The molecule has 15 heteroatoms. The van der Waals surface area contributed by atoms with E-state index >= 15 is 0 Å². The van der Waals surface area contributed by atoms with E-state index in [0.29, 0.717) is 37.2 Å². The van der Waals surface area contributed by atoms with Gasteiger partial charge in [-0.1, -0.05) is 56.3 Å². The number of carbonyl (C=O) groups excluding carboxylic acids is 2. The minimum Gasteiger partial charge on any atom is -0.497 e. The number of primary sulfonamides is 1. The van der Waals surface area contributed by atoms with Gasteiger partial charge in [0.25, 0.3) is 16.0 Å². The first-order valence-corrected chi connectivity index (χ1v) is 21.9. The summed E-state index contributed by atoms with van der Waals surface area (Å²) in [5.74, 6) is -0.210. The van der Waals surface area contributed by atoms with Crippen molar-refractivity contribution in [3.63, 3.8) is 0 Å². The summed E-state index contributed by atoms with van der Waals surface area (Å²) in [6, 6.07) is 19.7. The van der Waals surface area contributed by atoms with E-state index in [1.54, 1.807) is 36.4 Å². The molecule has 57 heavy (non-hydrogen) atoms. The van der Waals surface area contributed by atoms with Crippen LogP contribution in [0.15, 0.2) is 108 Å². The van der Waals surface area contributed by atoms with E-state index in [2.05, 4.69) is 41.2 Å². The Kier molecular flexibility index (Phi) is 13.3. The van der Waals surface area contributed by atoms with Gasteiger partial charge >= 0.3 is 0 Å². The minimum atomic E-state index is -4.03. The van der Waals surface area contributed by atoms with Crippen LogP contribution in [0.5, 0.6) is 5.75 Å². The molecule has 3 aromatic carbocycles. The molecule has 0 spiro atoms. The fourth-order valence-corrected chi connectivity index (χ4v) is 8.52. The number of benzene rings is 3. The first-order chi connectivity index (χ1) is 26.8. The number of anilines is 1. The largest absolute Gasteiger partial charge is 0.497 e. The lowest BCUT2D eigenvalue weighted by molar-refractivity contribution is -0.438. The maximum atomic E-state index is 13.0. The molecule has 0 fully saturated rings. The summed E-state index contributed by atoms with van der Waals surface area (Å²) in [4.78, 5) is 27.6. The Hall–Kier alpha value is -5.09. The van der Waals surface area contributed by atoms with Gasteiger partial charge in [0.2, 0.25) is 21.6 Å². The Balaban J connectivity index is 1.32. The number of carbonyl (C=O) groups is 2. The third-order valence-electron chi connectivity index (χ3n) is 10.4. The number of methoxy groups -OCH3 is 1. The first kappa shape index (κ1) is 43.0. The number of fused-ring (bicyclic) bond motifs is 2. The standard InChI is InChI=1S/C42H51N5O8S2/c1-41(2)33-16-9-10-17-35(33)46(25-11-12-27-56(50,51)52)37(41)18-7-6-8-19-38-42(3,4)34-29-32(57(43,53)54)20-21-36(34)47(38)26-22-39(48)44-23-24-45-40(49)30-14-13-15-31(28-30)55-5/h6-10,13-21,28-29H,11-12,22-27H2,1-5H3,(H4-,43,44,45,48,49,50,51,52,53,54)/p+1. The Morgan fingerprint density at radius 2 is 1.61 bits per heavy atom. The Morgan fingerprint density at radius 1 is 0.877 bits per heavy atom. The molecule has 5 rings (SSSR count). The van der Waals surface area contributed by atoms with Crippen LogP contribution in [-0.4, -0.2) is 82.5 Å². The van der Waals surface area contributed by atoms with Crippen molar-refractivity contribution in [2.24, 2.45) is 5.14 Å². The SMILES string of the molecule is COc1cccc(C(=O)NCCNC(=O)CCN2\C(=C/C=C/C=C/C3=[N+](CCCCS(=O)(=O)O)c4ccccc4C3(C)C)C(C)(C)c3cc(S(N)(=O)=O)ccc32)c1. The third kappa shape index (κ3) is 10.3. The number of hydrogen-bond donors (Lipinski definition) is 4. The fraction of sp³-hybridized carbons (Fsp3) is 0.357. The van der Waals surface area contributed by atoms with Crippen LogP contribution in [0.25, 0.3) is 0 Å². The molecule has 0 unspecified atom stereocenters. The number of unbranched alkanes of at least 4 members (excludes halogenated alkanes) is 1. The highest BCUT2D eigenvalue weighted by atomic mass is 32.2. The highest BCUT2D eigenvalue weighted by Gasteiger charge is 2.44. The van der Waals surface area contributed by atoms with Gasteiger partial charge < -0.3 is 20.3 Å². The van der Waals surface area contributed by atoms with Gasteiger partial charge in [-0.2, -0.15) is 13.0 Å². The lowest BCUT2D eigenvalue weighted by Crippen LogP contribution is -2.36. The molecule has 0 radical (unpaired) electrons. The number of para-hydroxylation sites is 1. The zero-order valence-corrected chi connectivity index (χ0v) is 34.6. The van der Waals surface area contributed by atoms with Gasteiger partial charge in [0.05, 0.1) is 23.2 Å². The highest BCUT2D eigenvalue weighted by molar-refractivity contribution is 7.89. The third-order valence-corrected chi connectivity index (χ3v) is 12.1. The topological polar surface area (TPSA) is 188 Å². The average Bonchev–Trinajstić information content (AvgIpc) is 3.51. The number of nitrogens with zero attached hydrogens (tertiary/aromatic N) is 2. The number of hydrogen-bond acceptors (Lipinski definition) is 8. The van der Waals surface area contributed by atoms with Crippen LogP contribution in [0, 0.1) is 0 Å². The normalized spacial score (nSPS) is 16.7. The Morgan fingerprint density at radius 3 is 2.33 bits per heavy atom. The lowest BCUT2D eigenvalue weighted by Gasteiger charge is -2.27. The molecule has 2 amide bonds. The fourth-order valence-electron chi connectivity index (χ4n) is 7.41. The number of nitrogens with two attached hydrogens (primary N) is 1. The average molecular weight is 819 g/mol. The van der Waals surface area contributed by atoms with Crippen molar-refractivity contribution in [2.75, 3.05) is 43.9 Å². The second-order valence-electron chi connectivity index (χ2n) is 15.1. The van der Waals surface area contributed by atoms with Gasteiger partial charge in [0.15, 0.2) is 5.71 Å². The van der Waals surface area contributed by atoms with Crippen LogP contribution in [0.3, 0.4) is 0 Å². The van der Waals surface area contributed by atoms with Crippen molar-refractivity contribution in [1.82, 2.24) is 10.6 Å². The molecule has 0 bridgehead atoms. The van der Waals surface area contributed by atoms with E-state index in [1.165, 1.54) is 13.2 Å². The summed E-state index contributed by atoms with van der Waals surface area (Å²) in [5.41, 5.74) is 5.13. The number of allylic oxidation sites excluding steroid dienone is 6. The first-order valence-electron chi connectivity index (χ1n) is 18.7. The molecule has 0 saturated carbocycles. The predicted octanol–water partition coefficient (Wildman–Crippen LogP) is 5.12. The van der Waals surface area contributed by atoms with Crippen LogP contribution in [-0.2, 0) is 35.8 Å². The van der Waals surface area contributed by atoms with Gasteiger partial charge in [-0.3, -0.25) is 14.1 Å². The van der Waals surface area contributed by atoms with Gasteiger partial charge in [-0.25, -0.2) is 13.6 Å². The summed E-state index contributed by atoms with van der Waals surface area (Å²) < 4.78 is 63.8. The quantitative estimate of drug-likeness (QED) is 0.0621. The van der Waals surface area contributed by atoms with Crippen LogP contribution >= 0.6 is 0 Å². The van der Waals surface area contributed by atoms with Gasteiger partial charge in [-0.05, 0) is 68.3 Å². The summed E-state index contributed by atoms with van der Waals surface area (Å²) in [6.07, 6.45) is 10.8. The maximum absolute atomic E-state index is 13.0. The Labute approximate surface area is 335 Å². The van der Waals surface area contributed by atoms with E-state index in [4.69, 9.17) is 9.88 Å². The lowest BCUT2D eigenvalue weighted by atomic mass is 9.81. The molecule has 2 aliphatic rings. The van der Waals surface area contributed by atoms with Crippen molar-refractivity contribution in [3.8, 4) is 5.75 Å². The minimum absolute atomic E-state index is 0.00229. The molecule has 2 aliphatic heterocycles. The second-order valence-corrected chi connectivity index (χ2v) is 18.2. The molecular weight excluding hydrogens is 767 g/mol. The second kappa shape index (κ2) is 17.6. The molecule has 304 valence electrons. The summed E-state index contributed by atoms with van der Waals surface area (Å²) in [6.45, 7) is 9.63. The van der Waals surface area contributed by atoms with E-state index in [9.17, 15) is 31.0 Å². The van der Waals surface area contributed by atoms with Gasteiger partial charge in [0.1, 0.15) is 12.3 Å². The van der Waals surface area contributed by atoms with E-state index < -0.39 is 25.6 Å². The predicted molar refractivity (Wildman–Crippen MR) is 222 cm³/mol.